The standard InChI is InChI=1S/C13H15BrClN3OS/c1-19-7-6-16-5-4-12-17-18-13(20-12)10-8-9(15)2-3-11(10)14/h2-3,8,16H,4-7H2,1H3. The van der Waals surface area contributed by atoms with E-state index in [0.29, 0.717) is 5.02 Å². The number of methoxy groups -OCH3 is 1. The first-order valence-electron chi connectivity index (χ1n) is 6.18. The Hall–Kier alpha value is -0.530. The van der Waals surface area contributed by atoms with E-state index in [1.807, 2.05) is 18.2 Å². The van der Waals surface area contributed by atoms with Crippen LogP contribution in [-0.2, 0) is 11.2 Å². The van der Waals surface area contributed by atoms with Crippen LogP contribution in [0.2, 0.25) is 5.02 Å². The molecule has 0 unspecified atom stereocenters. The van der Waals surface area contributed by atoms with Gasteiger partial charge in [-0.15, -0.1) is 10.2 Å². The summed E-state index contributed by atoms with van der Waals surface area (Å²) in [5, 5.41) is 14.3. The Morgan fingerprint density at radius 2 is 2.20 bits per heavy atom. The lowest BCUT2D eigenvalue weighted by atomic mass is 10.2. The molecule has 7 heteroatoms. The number of nitrogens with zero attached hydrogens (tertiary/aromatic N) is 2. The molecule has 20 heavy (non-hydrogen) atoms. The summed E-state index contributed by atoms with van der Waals surface area (Å²) in [6, 6.07) is 5.66. The Morgan fingerprint density at radius 3 is 3.00 bits per heavy atom. The highest BCUT2D eigenvalue weighted by Crippen LogP contribution is 2.32. The van der Waals surface area contributed by atoms with Crippen molar-refractivity contribution in [1.29, 1.82) is 0 Å². The maximum atomic E-state index is 6.02. The normalized spacial score (nSPS) is 10.9. The molecule has 0 radical (unpaired) electrons. The van der Waals surface area contributed by atoms with Crippen LogP contribution in [0.1, 0.15) is 5.01 Å². The molecular weight excluding hydrogens is 362 g/mol. The van der Waals surface area contributed by atoms with Gasteiger partial charge in [-0.05, 0) is 18.2 Å². The highest BCUT2D eigenvalue weighted by atomic mass is 79.9. The van der Waals surface area contributed by atoms with Gasteiger partial charge < -0.3 is 10.1 Å². The third-order valence-corrected chi connectivity index (χ3v) is 4.57. The van der Waals surface area contributed by atoms with E-state index in [-0.39, 0.29) is 0 Å². The molecule has 2 rings (SSSR count). The quantitative estimate of drug-likeness (QED) is 0.752. The van der Waals surface area contributed by atoms with Crippen molar-refractivity contribution in [3.8, 4) is 10.6 Å². The fourth-order valence-corrected chi connectivity index (χ4v) is 3.23. The lowest BCUT2D eigenvalue weighted by Gasteiger charge is -2.01. The van der Waals surface area contributed by atoms with Crippen molar-refractivity contribution >= 4 is 38.9 Å². The second-order valence-electron chi connectivity index (χ2n) is 4.12. The zero-order valence-electron chi connectivity index (χ0n) is 11.0. The molecule has 0 saturated heterocycles. The van der Waals surface area contributed by atoms with E-state index in [4.69, 9.17) is 16.3 Å². The number of rotatable bonds is 7. The maximum Gasteiger partial charge on any atom is 0.148 e. The van der Waals surface area contributed by atoms with Gasteiger partial charge in [0, 0.05) is 41.7 Å². The Morgan fingerprint density at radius 1 is 1.35 bits per heavy atom. The van der Waals surface area contributed by atoms with Crippen LogP contribution in [0.25, 0.3) is 10.6 Å². The Balaban J connectivity index is 1.96. The van der Waals surface area contributed by atoms with E-state index in [0.717, 1.165) is 46.2 Å². The summed E-state index contributed by atoms with van der Waals surface area (Å²) < 4.78 is 5.95. The van der Waals surface area contributed by atoms with Crippen molar-refractivity contribution in [1.82, 2.24) is 15.5 Å². The van der Waals surface area contributed by atoms with Crippen LogP contribution in [-0.4, -0.2) is 37.0 Å². The molecular formula is C13H15BrClN3OS. The summed E-state index contributed by atoms with van der Waals surface area (Å²) in [5.41, 5.74) is 0.980. The van der Waals surface area contributed by atoms with Gasteiger partial charge >= 0.3 is 0 Å². The van der Waals surface area contributed by atoms with Crippen LogP contribution < -0.4 is 5.32 Å². The number of ether oxygens (including phenoxy) is 1. The zero-order chi connectivity index (χ0) is 14.4. The number of hydrogen-bond donors (Lipinski definition) is 1. The molecule has 0 bridgehead atoms. The van der Waals surface area contributed by atoms with Gasteiger partial charge in [0.2, 0.25) is 0 Å². The van der Waals surface area contributed by atoms with Crippen molar-refractivity contribution in [2.45, 2.75) is 6.42 Å². The number of halogens is 2. The molecule has 0 aliphatic rings. The number of benzene rings is 1. The van der Waals surface area contributed by atoms with E-state index in [9.17, 15) is 0 Å². The number of nitrogens with one attached hydrogen (secondary N) is 1. The summed E-state index contributed by atoms with van der Waals surface area (Å²) in [6.07, 6.45) is 0.861. The van der Waals surface area contributed by atoms with Gasteiger partial charge in [-0.2, -0.15) is 0 Å². The van der Waals surface area contributed by atoms with E-state index < -0.39 is 0 Å². The first kappa shape index (κ1) is 15.9. The van der Waals surface area contributed by atoms with Crippen LogP contribution >= 0.6 is 38.9 Å². The Bertz CT molecular complexity index is 564. The Labute approximate surface area is 135 Å². The molecule has 0 aliphatic carbocycles. The van der Waals surface area contributed by atoms with Gasteiger partial charge in [-0.3, -0.25) is 0 Å². The lowest BCUT2D eigenvalue weighted by Crippen LogP contribution is -2.21. The van der Waals surface area contributed by atoms with Gasteiger partial charge in [-0.25, -0.2) is 0 Å². The monoisotopic (exact) mass is 375 g/mol. The summed E-state index contributed by atoms with van der Waals surface area (Å²) in [5.74, 6) is 0. The third kappa shape index (κ3) is 4.49. The molecule has 0 fully saturated rings. The van der Waals surface area contributed by atoms with Crippen LogP contribution in [0.5, 0.6) is 0 Å². The minimum absolute atomic E-state index is 0.696. The predicted octanol–water partition coefficient (Wildman–Crippen LogP) is 3.40. The summed E-state index contributed by atoms with van der Waals surface area (Å²) in [7, 11) is 1.70. The SMILES string of the molecule is COCCNCCc1nnc(-c2cc(Cl)ccc2Br)s1. The Kier molecular flexibility index (Phi) is 6.38. The number of hydrogen-bond acceptors (Lipinski definition) is 5. The van der Waals surface area contributed by atoms with Gasteiger partial charge in [0.1, 0.15) is 10.0 Å². The maximum absolute atomic E-state index is 6.02. The van der Waals surface area contributed by atoms with Gasteiger partial charge in [0.05, 0.1) is 6.61 Å². The largest absolute Gasteiger partial charge is 0.383 e. The van der Waals surface area contributed by atoms with Crippen molar-refractivity contribution in [3.63, 3.8) is 0 Å². The topological polar surface area (TPSA) is 47.0 Å². The smallest absolute Gasteiger partial charge is 0.148 e. The van der Waals surface area contributed by atoms with Crippen LogP contribution in [0.3, 0.4) is 0 Å². The van der Waals surface area contributed by atoms with Crippen molar-refractivity contribution in [2.75, 3.05) is 26.8 Å². The summed E-state index contributed by atoms with van der Waals surface area (Å²) in [4.78, 5) is 0. The van der Waals surface area contributed by atoms with Crippen LogP contribution in [0.4, 0.5) is 0 Å². The molecule has 0 spiro atoms. The molecule has 0 atom stereocenters. The minimum atomic E-state index is 0.696. The lowest BCUT2D eigenvalue weighted by molar-refractivity contribution is 0.199. The first-order chi connectivity index (χ1) is 9.70. The molecule has 1 N–H and O–H groups in total. The van der Waals surface area contributed by atoms with E-state index >= 15 is 0 Å². The van der Waals surface area contributed by atoms with E-state index in [1.165, 1.54) is 0 Å². The average molecular weight is 377 g/mol. The highest BCUT2D eigenvalue weighted by Gasteiger charge is 2.10. The van der Waals surface area contributed by atoms with Crippen molar-refractivity contribution < 1.29 is 4.74 Å². The highest BCUT2D eigenvalue weighted by molar-refractivity contribution is 9.10. The van der Waals surface area contributed by atoms with Gasteiger partial charge in [0.15, 0.2) is 0 Å². The summed E-state index contributed by atoms with van der Waals surface area (Å²) >= 11 is 11.1. The molecule has 1 aromatic carbocycles. The molecule has 1 aromatic heterocycles. The first-order valence-corrected chi connectivity index (χ1v) is 8.17. The molecule has 1 heterocycles. The molecule has 4 nitrogen and oxygen atoms in total. The predicted molar refractivity (Wildman–Crippen MR) is 86.5 cm³/mol. The number of aromatic nitrogens is 2. The summed E-state index contributed by atoms with van der Waals surface area (Å²) in [6.45, 7) is 2.44. The minimum Gasteiger partial charge on any atom is -0.383 e. The van der Waals surface area contributed by atoms with Crippen LogP contribution in [0.15, 0.2) is 22.7 Å². The molecule has 108 valence electrons. The van der Waals surface area contributed by atoms with Crippen molar-refractivity contribution in [3.05, 3.63) is 32.7 Å². The van der Waals surface area contributed by atoms with E-state index in [2.05, 4.69) is 31.4 Å². The van der Waals surface area contributed by atoms with Gasteiger partial charge in [-0.1, -0.05) is 38.9 Å². The van der Waals surface area contributed by atoms with Crippen LogP contribution in [0, 0.1) is 0 Å². The zero-order valence-corrected chi connectivity index (χ0v) is 14.2. The third-order valence-electron chi connectivity index (χ3n) is 2.62. The van der Waals surface area contributed by atoms with E-state index in [1.54, 1.807) is 18.4 Å². The molecule has 2 aromatic rings. The van der Waals surface area contributed by atoms with Crippen molar-refractivity contribution in [2.24, 2.45) is 0 Å². The second kappa shape index (κ2) is 8.05. The average Bonchev–Trinajstić information content (AvgIpc) is 2.90. The fraction of sp³-hybridized carbons (Fsp3) is 0.385. The second-order valence-corrected chi connectivity index (χ2v) is 6.47. The molecule has 0 saturated carbocycles. The molecule has 0 aliphatic heterocycles. The molecule has 0 amide bonds. The van der Waals surface area contributed by atoms with Gasteiger partial charge in [0.25, 0.3) is 0 Å². The fourth-order valence-electron chi connectivity index (χ4n) is 1.62.